The lowest BCUT2D eigenvalue weighted by Crippen LogP contribution is -2.29. The van der Waals surface area contributed by atoms with E-state index < -0.39 is 0 Å². The molecule has 0 aromatic heterocycles. The topological polar surface area (TPSA) is 74.2 Å². The van der Waals surface area contributed by atoms with Crippen molar-refractivity contribution in [3.8, 4) is 11.8 Å². The van der Waals surface area contributed by atoms with E-state index in [2.05, 4.69) is 26.6 Å². The van der Waals surface area contributed by atoms with E-state index in [9.17, 15) is 4.79 Å². The van der Waals surface area contributed by atoms with Gasteiger partial charge in [0.05, 0.1) is 17.0 Å². The maximum atomic E-state index is 11.6. The summed E-state index contributed by atoms with van der Waals surface area (Å²) in [7, 11) is 0. The summed E-state index contributed by atoms with van der Waals surface area (Å²) in [5.41, 5.74) is 0.992. The molecule has 1 amide bonds. The minimum Gasteiger partial charge on any atom is -0.482 e. The molecule has 1 rings (SSSR count). The molecule has 0 aliphatic heterocycles. The number of benzene rings is 1. The first-order chi connectivity index (χ1) is 9.69. The molecule has 6 heteroatoms. The van der Waals surface area contributed by atoms with Crippen LogP contribution in [-0.2, 0) is 11.3 Å². The number of carbonyl (C=O) groups excluding carboxylic acids is 1. The molecular weight excluding hydrogens is 322 g/mol. The number of nitrogens with zero attached hydrogens (tertiary/aromatic N) is 1. The number of hydrogen-bond acceptors (Lipinski definition) is 4. The van der Waals surface area contributed by atoms with E-state index in [0.29, 0.717) is 25.3 Å². The fourth-order valence-corrected chi connectivity index (χ4v) is 2.08. The second kappa shape index (κ2) is 9.34. The number of para-hydroxylation sites is 1. The van der Waals surface area contributed by atoms with Gasteiger partial charge in [0.1, 0.15) is 5.75 Å². The van der Waals surface area contributed by atoms with Gasteiger partial charge in [-0.15, -0.1) is 0 Å². The van der Waals surface area contributed by atoms with Gasteiger partial charge in [-0.2, -0.15) is 5.26 Å². The van der Waals surface area contributed by atoms with Crippen LogP contribution in [0.4, 0.5) is 0 Å². The number of hydrogen-bond donors (Lipinski definition) is 2. The van der Waals surface area contributed by atoms with Crippen LogP contribution in [0.5, 0.6) is 5.75 Å². The Labute approximate surface area is 127 Å². The first-order valence-electron chi connectivity index (χ1n) is 6.43. The third kappa shape index (κ3) is 5.59. The molecule has 20 heavy (non-hydrogen) atoms. The summed E-state index contributed by atoms with van der Waals surface area (Å²) in [6.45, 7) is 3.86. The van der Waals surface area contributed by atoms with Crippen LogP contribution in [0.2, 0.25) is 0 Å². The van der Waals surface area contributed by atoms with E-state index in [-0.39, 0.29) is 12.5 Å². The van der Waals surface area contributed by atoms with Crippen molar-refractivity contribution in [1.82, 2.24) is 10.6 Å². The van der Waals surface area contributed by atoms with Gasteiger partial charge in [-0.05, 0) is 28.5 Å². The monoisotopic (exact) mass is 339 g/mol. The van der Waals surface area contributed by atoms with Crippen LogP contribution in [0.3, 0.4) is 0 Å². The molecule has 2 N–H and O–H groups in total. The van der Waals surface area contributed by atoms with Crippen molar-refractivity contribution < 1.29 is 9.53 Å². The zero-order valence-electron chi connectivity index (χ0n) is 11.4. The van der Waals surface area contributed by atoms with Crippen LogP contribution in [0.25, 0.3) is 0 Å². The Bertz CT molecular complexity index is 486. The lowest BCUT2D eigenvalue weighted by atomic mass is 10.2. The van der Waals surface area contributed by atoms with Gasteiger partial charge in [-0.25, -0.2) is 0 Å². The van der Waals surface area contributed by atoms with Crippen molar-refractivity contribution in [2.45, 2.75) is 19.9 Å². The predicted molar refractivity (Wildman–Crippen MR) is 80.3 cm³/mol. The zero-order chi connectivity index (χ0) is 14.8. The molecule has 0 aliphatic carbocycles. The average Bonchev–Trinajstić information content (AvgIpc) is 2.44. The average molecular weight is 340 g/mol. The second-order valence-corrected chi connectivity index (χ2v) is 4.91. The molecule has 0 radical (unpaired) electrons. The van der Waals surface area contributed by atoms with E-state index in [0.717, 1.165) is 16.6 Å². The van der Waals surface area contributed by atoms with Gasteiger partial charge in [0, 0.05) is 18.7 Å². The molecule has 108 valence electrons. The molecule has 0 aliphatic rings. The summed E-state index contributed by atoms with van der Waals surface area (Å²) in [4.78, 5) is 11.6. The number of nitrogens with one attached hydrogen (secondary N) is 2. The van der Waals surface area contributed by atoms with E-state index in [1.54, 1.807) is 0 Å². The molecular formula is C14H18BrN3O2. The van der Waals surface area contributed by atoms with Crippen molar-refractivity contribution in [2.24, 2.45) is 0 Å². The largest absolute Gasteiger partial charge is 0.482 e. The summed E-state index contributed by atoms with van der Waals surface area (Å²) in [6, 6.07) is 7.72. The fraction of sp³-hybridized carbons (Fsp3) is 0.429. The Morgan fingerprint density at radius 2 is 2.30 bits per heavy atom. The minimum absolute atomic E-state index is 0.0623. The lowest BCUT2D eigenvalue weighted by Gasteiger charge is -2.13. The van der Waals surface area contributed by atoms with Crippen molar-refractivity contribution >= 4 is 21.8 Å². The van der Waals surface area contributed by atoms with Crippen LogP contribution in [0, 0.1) is 11.3 Å². The number of amides is 1. The summed E-state index contributed by atoms with van der Waals surface area (Å²) in [5, 5.41) is 14.2. The van der Waals surface area contributed by atoms with Crippen LogP contribution < -0.4 is 15.4 Å². The van der Waals surface area contributed by atoms with Crippen LogP contribution in [0.15, 0.2) is 22.7 Å². The molecule has 0 heterocycles. The maximum Gasteiger partial charge on any atom is 0.257 e. The molecule has 0 saturated heterocycles. The fourth-order valence-electron chi connectivity index (χ4n) is 1.56. The van der Waals surface area contributed by atoms with Crippen LogP contribution in [0.1, 0.15) is 18.9 Å². The highest BCUT2D eigenvalue weighted by Crippen LogP contribution is 2.28. The summed E-state index contributed by atoms with van der Waals surface area (Å²) >= 11 is 3.43. The first kappa shape index (κ1) is 16.5. The number of rotatable bonds is 8. The molecule has 5 nitrogen and oxygen atoms in total. The maximum absolute atomic E-state index is 11.6. The number of ether oxygens (including phenoxy) is 1. The zero-order valence-corrected chi connectivity index (χ0v) is 13.0. The first-order valence-corrected chi connectivity index (χ1v) is 7.22. The predicted octanol–water partition coefficient (Wildman–Crippen LogP) is 1.97. The second-order valence-electron chi connectivity index (χ2n) is 4.06. The number of carbonyl (C=O) groups is 1. The van der Waals surface area contributed by atoms with E-state index >= 15 is 0 Å². The molecule has 1 aromatic carbocycles. The number of nitriles is 1. The molecule has 0 spiro atoms. The molecule has 0 atom stereocenters. The highest BCUT2D eigenvalue weighted by Gasteiger charge is 2.10. The van der Waals surface area contributed by atoms with Gasteiger partial charge in [0.2, 0.25) is 0 Å². The smallest absolute Gasteiger partial charge is 0.257 e. The molecule has 0 bridgehead atoms. The molecule has 0 saturated carbocycles. The Balaban J connectivity index is 2.58. The van der Waals surface area contributed by atoms with Gasteiger partial charge in [0.15, 0.2) is 6.61 Å². The number of halogens is 1. The third-order valence-electron chi connectivity index (χ3n) is 2.52. The highest BCUT2D eigenvalue weighted by molar-refractivity contribution is 9.10. The molecule has 0 fully saturated rings. The van der Waals surface area contributed by atoms with Crippen LogP contribution >= 0.6 is 15.9 Å². The van der Waals surface area contributed by atoms with Gasteiger partial charge in [0.25, 0.3) is 5.91 Å². The van der Waals surface area contributed by atoms with E-state index in [1.165, 1.54) is 0 Å². The van der Waals surface area contributed by atoms with Gasteiger partial charge in [-0.1, -0.05) is 19.1 Å². The SMILES string of the molecule is CCNCc1cccc(Br)c1OCC(=O)NCCC#N. The summed E-state index contributed by atoms with van der Waals surface area (Å²) < 4.78 is 6.39. The Kier molecular flexibility index (Phi) is 7.70. The van der Waals surface area contributed by atoms with Crippen molar-refractivity contribution in [3.05, 3.63) is 28.2 Å². The standard InChI is InChI=1S/C14H18BrN3O2/c1-2-17-9-11-5-3-6-12(15)14(11)20-10-13(19)18-8-4-7-16/h3,5-6,17H,2,4,8-10H2,1H3,(H,18,19). The van der Waals surface area contributed by atoms with Gasteiger partial charge >= 0.3 is 0 Å². The summed E-state index contributed by atoms with van der Waals surface area (Å²) in [5.74, 6) is 0.439. The minimum atomic E-state index is -0.231. The molecule has 0 unspecified atom stereocenters. The van der Waals surface area contributed by atoms with Crippen molar-refractivity contribution in [1.29, 1.82) is 5.26 Å². The summed E-state index contributed by atoms with van der Waals surface area (Å²) in [6.07, 6.45) is 0.298. The third-order valence-corrected chi connectivity index (χ3v) is 3.15. The van der Waals surface area contributed by atoms with Crippen LogP contribution in [-0.4, -0.2) is 25.6 Å². The van der Waals surface area contributed by atoms with E-state index in [4.69, 9.17) is 10.00 Å². The van der Waals surface area contributed by atoms with Gasteiger partial charge < -0.3 is 15.4 Å². The Morgan fingerprint density at radius 1 is 1.50 bits per heavy atom. The normalized spacial score (nSPS) is 9.85. The lowest BCUT2D eigenvalue weighted by molar-refractivity contribution is -0.123. The Hall–Kier alpha value is -1.58. The highest BCUT2D eigenvalue weighted by atomic mass is 79.9. The van der Waals surface area contributed by atoms with Crippen molar-refractivity contribution in [2.75, 3.05) is 19.7 Å². The Morgan fingerprint density at radius 3 is 3.00 bits per heavy atom. The quantitative estimate of drug-likeness (QED) is 0.710. The molecule has 1 aromatic rings. The van der Waals surface area contributed by atoms with E-state index in [1.807, 2.05) is 31.2 Å². The van der Waals surface area contributed by atoms with Crippen molar-refractivity contribution in [3.63, 3.8) is 0 Å². The van der Waals surface area contributed by atoms with Gasteiger partial charge in [-0.3, -0.25) is 4.79 Å².